The van der Waals surface area contributed by atoms with Gasteiger partial charge in [-0.05, 0) is 48.0 Å². The molecule has 7 heteroatoms. The van der Waals surface area contributed by atoms with Gasteiger partial charge in [0.2, 0.25) is 0 Å². The van der Waals surface area contributed by atoms with Crippen LogP contribution in [0.15, 0.2) is 22.7 Å². The number of anilines is 1. The highest BCUT2D eigenvalue weighted by molar-refractivity contribution is 9.10. The zero-order valence-electron chi connectivity index (χ0n) is 10.8. The first-order valence-corrected chi connectivity index (χ1v) is 7.42. The van der Waals surface area contributed by atoms with Crippen LogP contribution in [-0.4, -0.2) is 4.98 Å². The molecule has 0 fully saturated rings. The number of nitrogens with one attached hydrogen (secondary N) is 1. The number of halogens is 4. The Bertz CT molecular complexity index is 623. The SMILES string of the molecule is Cc1nc(C)c(CNc2cc(C(F)(F)F)ccc2Br)s1. The van der Waals surface area contributed by atoms with Crippen LogP contribution >= 0.6 is 27.3 Å². The molecule has 0 unspecified atom stereocenters. The van der Waals surface area contributed by atoms with Crippen molar-refractivity contribution in [3.8, 4) is 0 Å². The largest absolute Gasteiger partial charge is 0.416 e. The van der Waals surface area contributed by atoms with Crippen LogP contribution in [0.3, 0.4) is 0 Å². The summed E-state index contributed by atoms with van der Waals surface area (Å²) < 4.78 is 38.6. The van der Waals surface area contributed by atoms with Crippen molar-refractivity contribution in [3.63, 3.8) is 0 Å². The average molecular weight is 365 g/mol. The van der Waals surface area contributed by atoms with Crippen LogP contribution in [0.25, 0.3) is 0 Å². The molecule has 2 nitrogen and oxygen atoms in total. The Kier molecular flexibility index (Phi) is 4.39. The minimum Gasteiger partial charge on any atom is -0.379 e. The third kappa shape index (κ3) is 3.52. The maximum atomic E-state index is 12.7. The average Bonchev–Trinajstić information content (AvgIpc) is 2.65. The van der Waals surface area contributed by atoms with Gasteiger partial charge in [0, 0.05) is 15.0 Å². The van der Waals surface area contributed by atoms with Gasteiger partial charge in [-0.15, -0.1) is 11.3 Å². The van der Waals surface area contributed by atoms with E-state index < -0.39 is 11.7 Å². The Morgan fingerprint density at radius 2 is 2.00 bits per heavy atom. The summed E-state index contributed by atoms with van der Waals surface area (Å²) in [7, 11) is 0. The standard InChI is InChI=1S/C13H12BrF3N2S/c1-7-12(20-8(2)19-7)6-18-11-5-9(13(15,16)17)3-4-10(11)14/h3-5,18H,6H2,1-2H3. The maximum Gasteiger partial charge on any atom is 0.416 e. The first kappa shape index (κ1) is 15.3. The topological polar surface area (TPSA) is 24.9 Å². The van der Waals surface area contributed by atoms with E-state index in [2.05, 4.69) is 26.2 Å². The van der Waals surface area contributed by atoms with Gasteiger partial charge in [-0.25, -0.2) is 4.98 Å². The van der Waals surface area contributed by atoms with Crippen LogP contribution in [-0.2, 0) is 12.7 Å². The van der Waals surface area contributed by atoms with Gasteiger partial charge in [0.15, 0.2) is 0 Å². The van der Waals surface area contributed by atoms with Crippen LogP contribution in [0.5, 0.6) is 0 Å². The Morgan fingerprint density at radius 3 is 2.55 bits per heavy atom. The molecule has 0 saturated heterocycles. The number of aromatic nitrogens is 1. The molecule has 2 aromatic rings. The molecule has 0 aliphatic rings. The third-order valence-electron chi connectivity index (χ3n) is 2.73. The molecule has 0 saturated carbocycles. The van der Waals surface area contributed by atoms with Gasteiger partial charge in [0.25, 0.3) is 0 Å². The molecule has 1 N–H and O–H groups in total. The van der Waals surface area contributed by atoms with E-state index in [1.807, 2.05) is 13.8 Å². The molecule has 1 aromatic carbocycles. The molecule has 0 spiro atoms. The lowest BCUT2D eigenvalue weighted by Gasteiger charge is -2.12. The molecule has 0 aliphatic carbocycles. The Labute approximate surface area is 127 Å². The maximum absolute atomic E-state index is 12.7. The van der Waals surface area contributed by atoms with Gasteiger partial charge < -0.3 is 5.32 Å². The number of benzene rings is 1. The second-order valence-electron chi connectivity index (χ2n) is 4.29. The van der Waals surface area contributed by atoms with E-state index in [1.165, 1.54) is 17.4 Å². The van der Waals surface area contributed by atoms with Crippen molar-refractivity contribution in [1.29, 1.82) is 0 Å². The summed E-state index contributed by atoms with van der Waals surface area (Å²) in [6, 6.07) is 3.56. The van der Waals surface area contributed by atoms with Crippen LogP contribution in [0.1, 0.15) is 21.1 Å². The third-order valence-corrected chi connectivity index (χ3v) is 4.50. The number of alkyl halides is 3. The summed E-state index contributed by atoms with van der Waals surface area (Å²) in [6.45, 7) is 4.25. The Hall–Kier alpha value is -1.08. The Morgan fingerprint density at radius 1 is 1.30 bits per heavy atom. The Balaban J connectivity index is 2.19. The van der Waals surface area contributed by atoms with E-state index in [9.17, 15) is 13.2 Å². The van der Waals surface area contributed by atoms with Crippen molar-refractivity contribution in [3.05, 3.63) is 43.8 Å². The summed E-state index contributed by atoms with van der Waals surface area (Å²) >= 11 is 4.79. The van der Waals surface area contributed by atoms with E-state index >= 15 is 0 Å². The van der Waals surface area contributed by atoms with Crippen molar-refractivity contribution < 1.29 is 13.2 Å². The number of aryl methyl sites for hydroxylation is 2. The van der Waals surface area contributed by atoms with Crippen molar-refractivity contribution >= 4 is 33.0 Å². The van der Waals surface area contributed by atoms with Crippen molar-refractivity contribution in [1.82, 2.24) is 4.98 Å². The highest BCUT2D eigenvalue weighted by atomic mass is 79.9. The predicted octanol–water partition coefficient (Wildman–Crippen LogP) is 5.15. The number of hydrogen-bond acceptors (Lipinski definition) is 3. The molecule has 0 atom stereocenters. The molecule has 0 radical (unpaired) electrons. The summed E-state index contributed by atoms with van der Waals surface area (Å²) in [5.41, 5.74) is 0.661. The fourth-order valence-corrected chi connectivity index (χ4v) is 3.01. The van der Waals surface area contributed by atoms with Gasteiger partial charge >= 0.3 is 6.18 Å². The molecule has 0 aliphatic heterocycles. The molecule has 1 aromatic heterocycles. The van der Waals surface area contributed by atoms with Crippen molar-refractivity contribution in [2.45, 2.75) is 26.6 Å². The van der Waals surface area contributed by atoms with E-state index in [-0.39, 0.29) is 0 Å². The van der Waals surface area contributed by atoms with Crippen molar-refractivity contribution in [2.24, 2.45) is 0 Å². The smallest absolute Gasteiger partial charge is 0.379 e. The predicted molar refractivity (Wildman–Crippen MR) is 78.1 cm³/mol. The van der Waals surface area contributed by atoms with Gasteiger partial charge in [-0.1, -0.05) is 0 Å². The number of hydrogen-bond donors (Lipinski definition) is 1. The highest BCUT2D eigenvalue weighted by Crippen LogP contribution is 2.34. The number of rotatable bonds is 3. The van der Waals surface area contributed by atoms with Crippen LogP contribution in [0, 0.1) is 13.8 Å². The zero-order chi connectivity index (χ0) is 14.9. The fourth-order valence-electron chi connectivity index (χ4n) is 1.75. The van der Waals surface area contributed by atoms with E-state index in [4.69, 9.17) is 0 Å². The van der Waals surface area contributed by atoms with Crippen LogP contribution < -0.4 is 5.32 Å². The lowest BCUT2D eigenvalue weighted by Crippen LogP contribution is -2.07. The molecule has 2 rings (SSSR count). The minimum absolute atomic E-state index is 0.422. The van der Waals surface area contributed by atoms with Crippen LogP contribution in [0.4, 0.5) is 18.9 Å². The molecule has 20 heavy (non-hydrogen) atoms. The number of nitrogens with zero attached hydrogens (tertiary/aromatic N) is 1. The fraction of sp³-hybridized carbons (Fsp3) is 0.308. The molecular formula is C13H12BrF3N2S. The summed E-state index contributed by atoms with van der Waals surface area (Å²) in [4.78, 5) is 5.31. The van der Waals surface area contributed by atoms with Gasteiger partial charge in [0.05, 0.1) is 22.8 Å². The lowest BCUT2D eigenvalue weighted by molar-refractivity contribution is -0.137. The molecule has 1 heterocycles. The van der Waals surface area contributed by atoms with Gasteiger partial charge in [-0.3, -0.25) is 0 Å². The number of thiazole rings is 1. The molecule has 0 amide bonds. The van der Waals surface area contributed by atoms with Crippen LogP contribution in [0.2, 0.25) is 0 Å². The first-order valence-electron chi connectivity index (χ1n) is 5.81. The van der Waals surface area contributed by atoms with E-state index in [0.29, 0.717) is 16.7 Å². The highest BCUT2D eigenvalue weighted by Gasteiger charge is 2.30. The summed E-state index contributed by atoms with van der Waals surface area (Å²) in [5.74, 6) is 0. The first-order chi connectivity index (χ1) is 9.27. The summed E-state index contributed by atoms with van der Waals surface area (Å²) in [6.07, 6.45) is -4.34. The van der Waals surface area contributed by atoms with Crippen molar-refractivity contribution in [2.75, 3.05) is 5.32 Å². The quantitative estimate of drug-likeness (QED) is 0.814. The van der Waals surface area contributed by atoms with Gasteiger partial charge in [-0.2, -0.15) is 13.2 Å². The van der Waals surface area contributed by atoms with E-state index in [1.54, 1.807) is 0 Å². The molecular weight excluding hydrogens is 353 g/mol. The molecule has 108 valence electrons. The second-order valence-corrected chi connectivity index (χ2v) is 6.43. The molecule has 0 bridgehead atoms. The zero-order valence-corrected chi connectivity index (χ0v) is 13.2. The van der Waals surface area contributed by atoms with E-state index in [0.717, 1.165) is 27.7 Å². The monoisotopic (exact) mass is 364 g/mol. The minimum atomic E-state index is -4.34. The summed E-state index contributed by atoms with van der Waals surface area (Å²) in [5, 5.41) is 3.97. The second kappa shape index (κ2) is 5.73. The lowest BCUT2D eigenvalue weighted by atomic mass is 10.2. The van der Waals surface area contributed by atoms with Gasteiger partial charge in [0.1, 0.15) is 0 Å². The normalized spacial score (nSPS) is 11.7.